The van der Waals surface area contributed by atoms with Crippen LogP contribution >= 0.6 is 0 Å². The van der Waals surface area contributed by atoms with Gasteiger partial charge in [0.1, 0.15) is 5.67 Å². The van der Waals surface area contributed by atoms with Gasteiger partial charge in [0.15, 0.2) is 0 Å². The van der Waals surface area contributed by atoms with Crippen molar-refractivity contribution in [3.8, 4) is 0 Å². The maximum Gasteiger partial charge on any atom is 0.118 e. The molecule has 0 aromatic heterocycles. The molecule has 204 valence electrons. The summed E-state index contributed by atoms with van der Waals surface area (Å²) in [7, 11) is 0. The lowest BCUT2D eigenvalue weighted by atomic mass is 9.91. The first kappa shape index (κ1) is 31.0. The highest BCUT2D eigenvalue weighted by Crippen LogP contribution is 2.26. The summed E-state index contributed by atoms with van der Waals surface area (Å²) in [6.45, 7) is 21.4. The largest absolute Gasteiger partial charge is 0.300 e. The first-order valence-corrected chi connectivity index (χ1v) is 14.5. The van der Waals surface area contributed by atoms with Crippen LogP contribution in [0.1, 0.15) is 95.9 Å². The van der Waals surface area contributed by atoms with Gasteiger partial charge in [-0.2, -0.15) is 0 Å². The van der Waals surface area contributed by atoms with Crippen LogP contribution in [-0.4, -0.2) is 30.2 Å². The minimum Gasteiger partial charge on any atom is -0.300 e. The SMILES string of the molecule is C=C(CC)c1ccc(C/C(=C/[C@H](C)CC)c2ccccc2C)cc1.CCC1CCN(CC(C)(C)F)CC1. The molecule has 0 spiro atoms. The van der Waals surface area contributed by atoms with Gasteiger partial charge in [-0.25, -0.2) is 4.39 Å². The van der Waals surface area contributed by atoms with E-state index in [2.05, 4.69) is 101 Å². The second-order valence-electron chi connectivity index (χ2n) is 11.6. The molecule has 0 radical (unpaired) electrons. The van der Waals surface area contributed by atoms with E-state index in [9.17, 15) is 4.39 Å². The zero-order valence-electron chi connectivity index (χ0n) is 24.7. The van der Waals surface area contributed by atoms with Gasteiger partial charge in [0.25, 0.3) is 0 Å². The van der Waals surface area contributed by atoms with Crippen LogP contribution < -0.4 is 0 Å². The van der Waals surface area contributed by atoms with Crippen LogP contribution in [0.2, 0.25) is 0 Å². The summed E-state index contributed by atoms with van der Waals surface area (Å²) in [5.74, 6) is 1.48. The Morgan fingerprint density at radius 2 is 1.68 bits per heavy atom. The van der Waals surface area contributed by atoms with Crippen molar-refractivity contribution in [2.75, 3.05) is 19.6 Å². The third kappa shape index (κ3) is 11.0. The van der Waals surface area contributed by atoms with Crippen LogP contribution in [0.3, 0.4) is 0 Å². The van der Waals surface area contributed by atoms with Crippen LogP contribution in [0, 0.1) is 18.8 Å². The van der Waals surface area contributed by atoms with Gasteiger partial charge in [-0.1, -0.05) is 102 Å². The van der Waals surface area contributed by atoms with Gasteiger partial charge in [0.2, 0.25) is 0 Å². The Balaban J connectivity index is 0.000000312. The third-order valence-electron chi connectivity index (χ3n) is 7.69. The van der Waals surface area contributed by atoms with E-state index in [1.807, 2.05) is 0 Å². The van der Waals surface area contributed by atoms with Crippen molar-refractivity contribution >= 4 is 11.1 Å². The van der Waals surface area contributed by atoms with Crippen LogP contribution in [0.4, 0.5) is 4.39 Å². The fourth-order valence-electron chi connectivity index (χ4n) is 5.01. The Bertz CT molecular complexity index is 971. The molecule has 2 aromatic rings. The highest BCUT2D eigenvalue weighted by Gasteiger charge is 2.24. The molecule has 1 aliphatic rings. The Hall–Kier alpha value is -2.19. The summed E-state index contributed by atoms with van der Waals surface area (Å²) < 4.78 is 13.3. The van der Waals surface area contributed by atoms with Crippen molar-refractivity contribution in [1.82, 2.24) is 4.90 Å². The summed E-state index contributed by atoms with van der Waals surface area (Å²) in [6.07, 6.45) is 9.40. The van der Waals surface area contributed by atoms with Crippen molar-refractivity contribution < 1.29 is 4.39 Å². The molecule has 3 rings (SSSR count). The number of rotatable bonds is 10. The monoisotopic (exact) mass is 505 g/mol. The molecule has 1 nitrogen and oxygen atoms in total. The quantitative estimate of drug-likeness (QED) is 0.310. The molecule has 1 aliphatic heterocycles. The summed E-state index contributed by atoms with van der Waals surface area (Å²) in [4.78, 5) is 2.26. The van der Waals surface area contributed by atoms with E-state index in [1.54, 1.807) is 13.8 Å². The van der Waals surface area contributed by atoms with Crippen molar-refractivity contribution in [3.63, 3.8) is 0 Å². The van der Waals surface area contributed by atoms with Gasteiger partial charge < -0.3 is 4.90 Å². The highest BCUT2D eigenvalue weighted by atomic mass is 19.1. The van der Waals surface area contributed by atoms with Gasteiger partial charge in [0, 0.05) is 6.54 Å². The Labute approximate surface area is 227 Å². The number of hydrogen-bond acceptors (Lipinski definition) is 1. The number of aryl methyl sites for hydroxylation is 1. The van der Waals surface area contributed by atoms with Crippen LogP contribution in [0.15, 0.2) is 61.2 Å². The van der Waals surface area contributed by atoms with E-state index in [0.29, 0.717) is 12.5 Å². The number of allylic oxidation sites excluding steroid dienone is 3. The molecule has 0 bridgehead atoms. The lowest BCUT2D eigenvalue weighted by Crippen LogP contribution is -2.40. The van der Waals surface area contributed by atoms with E-state index in [1.165, 1.54) is 59.1 Å². The van der Waals surface area contributed by atoms with E-state index < -0.39 is 5.67 Å². The number of alkyl halides is 1. The zero-order chi connectivity index (χ0) is 27.4. The van der Waals surface area contributed by atoms with E-state index in [-0.39, 0.29) is 0 Å². The van der Waals surface area contributed by atoms with E-state index >= 15 is 0 Å². The predicted octanol–water partition coefficient (Wildman–Crippen LogP) is 9.95. The topological polar surface area (TPSA) is 3.24 Å². The first-order chi connectivity index (χ1) is 17.6. The molecule has 2 aromatic carbocycles. The van der Waals surface area contributed by atoms with Gasteiger partial charge >= 0.3 is 0 Å². The first-order valence-electron chi connectivity index (χ1n) is 14.5. The summed E-state index contributed by atoms with van der Waals surface area (Å²) in [6, 6.07) is 17.6. The molecular weight excluding hydrogens is 453 g/mol. The van der Waals surface area contributed by atoms with Crippen molar-refractivity contribution in [1.29, 1.82) is 0 Å². The maximum atomic E-state index is 13.3. The van der Waals surface area contributed by atoms with E-state index in [0.717, 1.165) is 31.8 Å². The number of benzene rings is 2. The number of likely N-dealkylation sites (tertiary alicyclic amines) is 1. The molecule has 1 atom stereocenters. The Kier molecular flexibility index (Phi) is 12.8. The molecule has 0 aliphatic carbocycles. The Morgan fingerprint density at radius 3 is 2.19 bits per heavy atom. The Morgan fingerprint density at radius 1 is 1.05 bits per heavy atom. The molecule has 0 N–H and O–H groups in total. The molecule has 1 fully saturated rings. The van der Waals surface area contributed by atoms with Gasteiger partial charge in [0.05, 0.1) is 0 Å². The normalized spacial score (nSPS) is 16.2. The van der Waals surface area contributed by atoms with Gasteiger partial charge in [-0.05, 0) is 105 Å². The van der Waals surface area contributed by atoms with Crippen LogP contribution in [0.5, 0.6) is 0 Å². The van der Waals surface area contributed by atoms with Crippen LogP contribution in [0.25, 0.3) is 11.1 Å². The van der Waals surface area contributed by atoms with E-state index in [4.69, 9.17) is 0 Å². The predicted molar refractivity (Wildman–Crippen MR) is 163 cm³/mol. The average molecular weight is 506 g/mol. The minimum atomic E-state index is -1.03. The van der Waals surface area contributed by atoms with Crippen molar-refractivity contribution in [2.24, 2.45) is 11.8 Å². The number of hydrogen-bond donors (Lipinski definition) is 0. The zero-order valence-corrected chi connectivity index (χ0v) is 24.7. The fraction of sp³-hybridized carbons (Fsp3) is 0.543. The van der Waals surface area contributed by atoms with Gasteiger partial charge in [-0.3, -0.25) is 0 Å². The highest BCUT2D eigenvalue weighted by molar-refractivity contribution is 5.71. The maximum absolute atomic E-state index is 13.3. The molecule has 1 saturated heterocycles. The molecule has 0 saturated carbocycles. The minimum absolute atomic E-state index is 0.596. The fourth-order valence-corrected chi connectivity index (χ4v) is 5.01. The summed E-state index contributed by atoms with van der Waals surface area (Å²) >= 11 is 0. The van der Waals surface area contributed by atoms with Gasteiger partial charge in [-0.15, -0.1) is 0 Å². The second kappa shape index (κ2) is 15.3. The number of halogens is 1. The standard InChI is InChI=1S/C24H30.C11H22FN/c1-6-18(3)16-23(24-11-9-8-10-20(24)5)17-21-12-14-22(15-13-21)19(4)7-2;1-4-10-5-7-13(8-6-10)9-11(2,3)12/h8-16,18H,4,6-7,17H2,1-3,5H3;10H,4-9H2,1-3H3/b23-16-;/t18-;/m1./s1. The summed E-state index contributed by atoms with van der Waals surface area (Å²) in [5.41, 5.74) is 6.95. The lowest BCUT2D eigenvalue weighted by molar-refractivity contribution is 0.0951. The summed E-state index contributed by atoms with van der Waals surface area (Å²) in [5, 5.41) is 0. The molecule has 37 heavy (non-hydrogen) atoms. The average Bonchev–Trinajstić information content (AvgIpc) is 2.88. The molecule has 2 heteroatoms. The second-order valence-corrected chi connectivity index (χ2v) is 11.6. The van der Waals surface area contributed by atoms with Crippen molar-refractivity contribution in [3.05, 3.63) is 83.4 Å². The smallest absolute Gasteiger partial charge is 0.118 e. The lowest BCUT2D eigenvalue weighted by Gasteiger charge is -2.34. The van der Waals surface area contributed by atoms with Crippen LogP contribution in [-0.2, 0) is 6.42 Å². The van der Waals surface area contributed by atoms with Crippen molar-refractivity contribution in [2.45, 2.75) is 92.7 Å². The molecule has 0 unspecified atom stereocenters. The molecular formula is C35H52FN. The number of piperidine rings is 1. The molecule has 1 heterocycles. The molecule has 0 amide bonds. The third-order valence-corrected chi connectivity index (χ3v) is 7.69. The number of nitrogens with zero attached hydrogens (tertiary/aromatic N) is 1.